The maximum absolute atomic E-state index is 11.9. The van der Waals surface area contributed by atoms with Gasteiger partial charge in [-0.15, -0.1) is 0 Å². The highest BCUT2D eigenvalue weighted by molar-refractivity contribution is 5.70. The topological polar surface area (TPSA) is 72.9 Å². The molecule has 0 unspecified atom stereocenters. The lowest BCUT2D eigenvalue weighted by molar-refractivity contribution is 0.179. The molecule has 0 aliphatic heterocycles. The molecule has 2 aromatic heterocycles. The Morgan fingerprint density at radius 2 is 2.27 bits per heavy atom. The van der Waals surface area contributed by atoms with Crippen molar-refractivity contribution in [2.75, 3.05) is 13.5 Å². The number of hydrogen-bond donors (Lipinski definition) is 1. The van der Waals surface area contributed by atoms with Gasteiger partial charge in [-0.05, 0) is 6.92 Å². The number of nitrogens with one attached hydrogen (secondary N) is 1. The summed E-state index contributed by atoms with van der Waals surface area (Å²) < 4.78 is 21.5. The number of aromatic nitrogens is 4. The van der Waals surface area contributed by atoms with Crippen LogP contribution in [0.2, 0.25) is 0 Å². The van der Waals surface area contributed by atoms with Crippen LogP contribution in [-0.4, -0.2) is 33.4 Å². The number of aromatic amines is 1. The molecule has 2 heterocycles. The lowest BCUT2D eigenvalue weighted by Gasteiger charge is -1.97. The molecule has 80 valence electrons. The second kappa shape index (κ2) is 4.07. The number of hydrogen-bond acceptors (Lipinski definition) is 5. The Labute approximate surface area is 84.5 Å². The third-order valence-corrected chi connectivity index (χ3v) is 1.66. The summed E-state index contributed by atoms with van der Waals surface area (Å²) in [6.45, 7) is 1.37. The van der Waals surface area contributed by atoms with Gasteiger partial charge in [0.2, 0.25) is 6.86 Å². The summed E-state index contributed by atoms with van der Waals surface area (Å²) in [5, 5.41) is 0. The fourth-order valence-electron chi connectivity index (χ4n) is 1.09. The van der Waals surface area contributed by atoms with Crippen molar-refractivity contribution in [2.45, 2.75) is 6.92 Å². The molecule has 0 radical (unpaired) electrons. The summed E-state index contributed by atoms with van der Waals surface area (Å²) in [4.78, 5) is 14.5. The Hall–Kier alpha value is -1.92. The van der Waals surface area contributed by atoms with Crippen molar-refractivity contribution in [2.24, 2.45) is 0 Å². The van der Waals surface area contributed by atoms with Crippen LogP contribution < -0.4 is 9.47 Å². The van der Waals surface area contributed by atoms with Gasteiger partial charge in [0.1, 0.15) is 5.52 Å². The van der Waals surface area contributed by atoms with Crippen LogP contribution in [0.1, 0.15) is 6.92 Å². The minimum atomic E-state index is -0.939. The van der Waals surface area contributed by atoms with Gasteiger partial charge in [0.15, 0.2) is 5.65 Å². The summed E-state index contributed by atoms with van der Waals surface area (Å²) in [6, 6.07) is 0.318. The molecule has 1 N–H and O–H groups in total. The minimum Gasteiger partial charge on any atom is -0.464 e. The van der Waals surface area contributed by atoms with Crippen molar-refractivity contribution in [3.63, 3.8) is 0 Å². The van der Waals surface area contributed by atoms with Crippen LogP contribution in [0.5, 0.6) is 12.0 Å². The Morgan fingerprint density at radius 1 is 1.40 bits per heavy atom. The normalized spacial score (nSPS) is 10.5. The van der Waals surface area contributed by atoms with Crippen LogP contribution >= 0.6 is 0 Å². The van der Waals surface area contributed by atoms with Crippen molar-refractivity contribution in [3.8, 4) is 12.0 Å². The maximum Gasteiger partial charge on any atom is 0.318 e. The molecule has 0 fully saturated rings. The van der Waals surface area contributed by atoms with Gasteiger partial charge < -0.3 is 14.5 Å². The first kappa shape index (κ1) is 9.63. The molecule has 2 rings (SSSR count). The second-order valence-electron chi connectivity index (χ2n) is 2.62. The number of alkyl halides is 1. The lowest BCUT2D eigenvalue weighted by atomic mass is 10.6. The van der Waals surface area contributed by atoms with Crippen LogP contribution in [0.4, 0.5) is 4.39 Å². The van der Waals surface area contributed by atoms with Gasteiger partial charge in [0, 0.05) is 0 Å². The summed E-state index contributed by atoms with van der Waals surface area (Å²) in [7, 11) is 0. The molecule has 0 atom stereocenters. The van der Waals surface area contributed by atoms with E-state index >= 15 is 0 Å². The zero-order chi connectivity index (χ0) is 10.7. The van der Waals surface area contributed by atoms with Gasteiger partial charge >= 0.3 is 6.01 Å². The number of fused-ring (bicyclic) bond motifs is 1. The van der Waals surface area contributed by atoms with Crippen LogP contribution in [-0.2, 0) is 0 Å². The van der Waals surface area contributed by atoms with E-state index in [0.29, 0.717) is 17.8 Å². The van der Waals surface area contributed by atoms with E-state index in [9.17, 15) is 4.39 Å². The molecule has 0 aliphatic carbocycles. The van der Waals surface area contributed by atoms with E-state index in [1.165, 1.54) is 6.20 Å². The summed E-state index contributed by atoms with van der Waals surface area (Å²) in [5.41, 5.74) is 0.957. The fourth-order valence-corrected chi connectivity index (χ4v) is 1.09. The van der Waals surface area contributed by atoms with Gasteiger partial charge in [-0.1, -0.05) is 0 Å². The average molecular weight is 212 g/mol. The molecular formula is C8H9FN4O2. The molecule has 0 amide bonds. The highest BCUT2D eigenvalue weighted by Gasteiger charge is 2.06. The Kier molecular flexibility index (Phi) is 2.61. The fraction of sp³-hybridized carbons (Fsp3) is 0.375. The van der Waals surface area contributed by atoms with E-state index in [1.54, 1.807) is 0 Å². The van der Waals surface area contributed by atoms with E-state index in [0.717, 1.165) is 0 Å². The number of halogens is 1. The zero-order valence-corrected chi connectivity index (χ0v) is 8.03. The van der Waals surface area contributed by atoms with Gasteiger partial charge in [0.05, 0.1) is 12.8 Å². The molecule has 0 bridgehead atoms. The Morgan fingerprint density at radius 3 is 3.00 bits per heavy atom. The molecule has 2 aromatic rings. The molecule has 6 nitrogen and oxygen atoms in total. The highest BCUT2D eigenvalue weighted by atomic mass is 19.1. The first-order valence-corrected chi connectivity index (χ1v) is 4.37. The number of ether oxygens (including phenoxy) is 2. The average Bonchev–Trinajstić information content (AvgIpc) is 2.60. The molecule has 0 saturated carbocycles. The van der Waals surface area contributed by atoms with Gasteiger partial charge in [-0.3, -0.25) is 0 Å². The predicted octanol–water partition coefficient (Wildman–Crippen LogP) is 1.06. The zero-order valence-electron chi connectivity index (χ0n) is 8.03. The summed E-state index contributed by atoms with van der Waals surface area (Å²) >= 11 is 0. The van der Waals surface area contributed by atoms with Gasteiger partial charge in [-0.25, -0.2) is 9.37 Å². The SMILES string of the molecule is CCOc1ncc2[nH]c(OCF)nc2n1. The Bertz CT molecular complexity index is 455. The Balaban J connectivity index is 2.34. The van der Waals surface area contributed by atoms with Gasteiger partial charge in [0.25, 0.3) is 6.01 Å². The first-order valence-electron chi connectivity index (χ1n) is 4.37. The number of nitrogens with zero attached hydrogens (tertiary/aromatic N) is 3. The summed E-state index contributed by atoms with van der Waals surface area (Å²) in [6.07, 6.45) is 1.51. The predicted molar refractivity (Wildman–Crippen MR) is 49.5 cm³/mol. The van der Waals surface area contributed by atoms with Crippen molar-refractivity contribution in [1.29, 1.82) is 0 Å². The summed E-state index contributed by atoms with van der Waals surface area (Å²) in [5.74, 6) is 0. The highest BCUT2D eigenvalue weighted by Crippen LogP contribution is 2.15. The van der Waals surface area contributed by atoms with Crippen molar-refractivity contribution >= 4 is 11.2 Å². The quantitative estimate of drug-likeness (QED) is 0.820. The van der Waals surface area contributed by atoms with E-state index in [4.69, 9.17) is 4.74 Å². The van der Waals surface area contributed by atoms with Crippen molar-refractivity contribution < 1.29 is 13.9 Å². The number of H-pyrrole nitrogens is 1. The molecular weight excluding hydrogens is 203 g/mol. The first-order chi connectivity index (χ1) is 7.33. The van der Waals surface area contributed by atoms with Crippen LogP contribution in [0, 0.1) is 0 Å². The number of imidazole rings is 1. The third-order valence-electron chi connectivity index (χ3n) is 1.66. The molecule has 15 heavy (non-hydrogen) atoms. The van der Waals surface area contributed by atoms with E-state index < -0.39 is 6.86 Å². The molecule has 0 spiro atoms. The van der Waals surface area contributed by atoms with Crippen LogP contribution in [0.3, 0.4) is 0 Å². The smallest absolute Gasteiger partial charge is 0.318 e. The third kappa shape index (κ3) is 1.95. The van der Waals surface area contributed by atoms with Crippen molar-refractivity contribution in [3.05, 3.63) is 6.20 Å². The largest absolute Gasteiger partial charge is 0.464 e. The standard InChI is InChI=1S/C8H9FN4O2/c1-2-14-7-10-3-5-6(12-7)13-8(11-5)15-4-9/h3H,2,4H2,1H3,(H,10,11,12,13). The molecule has 0 saturated heterocycles. The van der Waals surface area contributed by atoms with Crippen molar-refractivity contribution in [1.82, 2.24) is 19.9 Å². The van der Waals surface area contributed by atoms with E-state index in [2.05, 4.69) is 24.7 Å². The number of rotatable bonds is 4. The van der Waals surface area contributed by atoms with Crippen LogP contribution in [0.15, 0.2) is 6.20 Å². The van der Waals surface area contributed by atoms with Crippen LogP contribution in [0.25, 0.3) is 11.2 Å². The van der Waals surface area contributed by atoms with Gasteiger partial charge in [-0.2, -0.15) is 9.97 Å². The molecule has 0 aliphatic rings. The monoisotopic (exact) mass is 212 g/mol. The lowest BCUT2D eigenvalue weighted by Crippen LogP contribution is -1.96. The minimum absolute atomic E-state index is 0.0791. The second-order valence-corrected chi connectivity index (χ2v) is 2.62. The van der Waals surface area contributed by atoms with E-state index in [1.807, 2.05) is 6.92 Å². The molecule has 0 aromatic carbocycles. The van der Waals surface area contributed by atoms with E-state index in [-0.39, 0.29) is 12.0 Å². The maximum atomic E-state index is 11.9. The molecule has 7 heteroatoms.